The van der Waals surface area contributed by atoms with Crippen LogP contribution < -0.4 is 5.73 Å². The Hall–Kier alpha value is -3.03. The lowest BCUT2D eigenvalue weighted by Crippen LogP contribution is -2.37. The van der Waals surface area contributed by atoms with Crippen LogP contribution in [0.25, 0.3) is 10.9 Å². The number of benzene rings is 2. The highest BCUT2D eigenvalue weighted by atomic mass is 16.3. The van der Waals surface area contributed by atoms with Crippen molar-refractivity contribution in [3.05, 3.63) is 65.4 Å². The average molecular weight is 366 g/mol. The first-order valence-electron chi connectivity index (χ1n) is 8.66. The van der Waals surface area contributed by atoms with Gasteiger partial charge in [-0.15, -0.1) is 0 Å². The molecule has 1 amide bonds. The second-order valence-corrected chi connectivity index (χ2v) is 6.35. The van der Waals surface area contributed by atoms with Gasteiger partial charge in [0.1, 0.15) is 5.69 Å². The average Bonchev–Trinajstić information content (AvgIpc) is 2.67. The van der Waals surface area contributed by atoms with Gasteiger partial charge < -0.3 is 20.8 Å². The molecular weight excluding hydrogens is 344 g/mol. The van der Waals surface area contributed by atoms with Gasteiger partial charge in [-0.3, -0.25) is 4.79 Å². The zero-order valence-electron chi connectivity index (χ0n) is 15.0. The summed E-state index contributed by atoms with van der Waals surface area (Å²) < 4.78 is 0. The maximum absolute atomic E-state index is 13.1. The van der Waals surface area contributed by atoms with E-state index in [-0.39, 0.29) is 31.3 Å². The summed E-state index contributed by atoms with van der Waals surface area (Å²) in [6.07, 6.45) is -0.881. The van der Waals surface area contributed by atoms with Crippen LogP contribution in [-0.2, 0) is 0 Å². The number of nitrogens with zero attached hydrogens (tertiary/aromatic N) is 3. The summed E-state index contributed by atoms with van der Waals surface area (Å²) in [6, 6.07) is 14.6. The third-order valence-corrected chi connectivity index (χ3v) is 4.31. The van der Waals surface area contributed by atoms with Crippen molar-refractivity contribution in [1.82, 2.24) is 14.9 Å². The highest BCUT2D eigenvalue weighted by Crippen LogP contribution is 2.21. The van der Waals surface area contributed by atoms with E-state index in [9.17, 15) is 15.0 Å². The van der Waals surface area contributed by atoms with E-state index in [0.717, 1.165) is 5.56 Å². The van der Waals surface area contributed by atoms with Gasteiger partial charge in [0.05, 0.1) is 24.8 Å². The lowest BCUT2D eigenvalue weighted by Gasteiger charge is -2.25. The van der Waals surface area contributed by atoms with E-state index in [1.54, 1.807) is 18.2 Å². The molecule has 1 unspecified atom stereocenters. The number of anilines is 1. The van der Waals surface area contributed by atoms with Crippen molar-refractivity contribution in [3.8, 4) is 0 Å². The summed E-state index contributed by atoms with van der Waals surface area (Å²) in [5.41, 5.74) is 8.16. The van der Waals surface area contributed by atoms with E-state index in [4.69, 9.17) is 5.73 Å². The first-order chi connectivity index (χ1) is 13.0. The van der Waals surface area contributed by atoms with Gasteiger partial charge in [0, 0.05) is 11.9 Å². The molecule has 0 bridgehead atoms. The molecule has 0 saturated carbocycles. The van der Waals surface area contributed by atoms with Crippen molar-refractivity contribution in [2.24, 2.45) is 0 Å². The van der Waals surface area contributed by atoms with E-state index in [1.165, 1.54) is 4.90 Å². The summed E-state index contributed by atoms with van der Waals surface area (Å²) >= 11 is 0. The molecule has 0 fully saturated rings. The van der Waals surface area contributed by atoms with Gasteiger partial charge in [0.25, 0.3) is 5.91 Å². The molecule has 1 atom stereocenters. The Labute approximate surface area is 157 Å². The lowest BCUT2D eigenvalue weighted by atomic mass is 10.1. The minimum atomic E-state index is -0.881. The first-order valence-corrected chi connectivity index (χ1v) is 8.66. The van der Waals surface area contributed by atoms with Crippen LogP contribution in [0, 0.1) is 6.92 Å². The molecule has 140 valence electrons. The second kappa shape index (κ2) is 8.11. The minimum absolute atomic E-state index is 0.00209. The fourth-order valence-electron chi connectivity index (χ4n) is 2.96. The third-order valence-electron chi connectivity index (χ3n) is 4.31. The van der Waals surface area contributed by atoms with Gasteiger partial charge in [-0.1, -0.05) is 42.0 Å². The first kappa shape index (κ1) is 18.8. The predicted octanol–water partition coefficient (Wildman–Crippen LogP) is 1.69. The Kier molecular flexibility index (Phi) is 5.63. The number of carbonyl (C=O) groups excluding carboxylic acids is 1. The van der Waals surface area contributed by atoms with Crippen LogP contribution in [-0.4, -0.2) is 50.7 Å². The summed E-state index contributed by atoms with van der Waals surface area (Å²) in [6.45, 7) is 1.78. The molecule has 0 aliphatic rings. The number of carbonyl (C=O) groups is 1. The van der Waals surface area contributed by atoms with Crippen molar-refractivity contribution in [2.75, 3.05) is 25.4 Å². The summed E-state index contributed by atoms with van der Waals surface area (Å²) in [4.78, 5) is 22.8. The van der Waals surface area contributed by atoms with Crippen LogP contribution in [0.2, 0.25) is 0 Å². The van der Waals surface area contributed by atoms with Gasteiger partial charge in [-0.25, -0.2) is 9.97 Å². The molecule has 4 N–H and O–H groups in total. The molecule has 0 aliphatic heterocycles. The van der Waals surface area contributed by atoms with Crippen LogP contribution in [0.4, 0.5) is 5.95 Å². The van der Waals surface area contributed by atoms with Gasteiger partial charge in [0.2, 0.25) is 5.95 Å². The molecule has 0 radical (unpaired) electrons. The maximum Gasteiger partial charge on any atom is 0.273 e. The molecular formula is C20H22N4O3. The molecule has 1 aromatic heterocycles. The standard InChI is InChI=1S/C20H22N4O3/c1-13-7-8-16-15(11-13)18(23-20(21)22-16)19(27)24(9-10-25)12-17(26)14-5-3-2-4-6-14/h2-8,11,17,25-26H,9-10,12H2,1H3,(H2,21,22,23). The van der Waals surface area contributed by atoms with Crippen LogP contribution in [0.5, 0.6) is 0 Å². The number of hydrogen-bond acceptors (Lipinski definition) is 6. The second-order valence-electron chi connectivity index (χ2n) is 6.35. The van der Waals surface area contributed by atoms with E-state index in [2.05, 4.69) is 9.97 Å². The van der Waals surface area contributed by atoms with Gasteiger partial charge in [-0.05, 0) is 24.6 Å². The third kappa shape index (κ3) is 4.21. The number of aromatic nitrogens is 2. The van der Waals surface area contributed by atoms with E-state index >= 15 is 0 Å². The zero-order valence-corrected chi connectivity index (χ0v) is 15.0. The number of hydrogen-bond donors (Lipinski definition) is 3. The minimum Gasteiger partial charge on any atom is -0.395 e. The number of nitrogen functional groups attached to an aromatic ring is 1. The molecule has 7 heteroatoms. The number of rotatable bonds is 6. The molecule has 1 heterocycles. The Morgan fingerprint density at radius 3 is 2.63 bits per heavy atom. The molecule has 27 heavy (non-hydrogen) atoms. The smallest absolute Gasteiger partial charge is 0.273 e. The lowest BCUT2D eigenvalue weighted by molar-refractivity contribution is 0.0574. The van der Waals surface area contributed by atoms with Gasteiger partial charge in [-0.2, -0.15) is 0 Å². The quantitative estimate of drug-likeness (QED) is 0.612. The number of aliphatic hydroxyl groups excluding tert-OH is 2. The Balaban J connectivity index is 1.95. The maximum atomic E-state index is 13.1. The number of amides is 1. The zero-order chi connectivity index (χ0) is 19.4. The monoisotopic (exact) mass is 366 g/mol. The SMILES string of the molecule is Cc1ccc2nc(N)nc(C(=O)N(CCO)CC(O)c3ccccc3)c2c1. The van der Waals surface area contributed by atoms with Crippen molar-refractivity contribution in [3.63, 3.8) is 0 Å². The highest BCUT2D eigenvalue weighted by molar-refractivity contribution is 6.04. The van der Waals surface area contributed by atoms with Crippen LogP contribution >= 0.6 is 0 Å². The van der Waals surface area contributed by atoms with Crippen LogP contribution in [0.3, 0.4) is 0 Å². The largest absolute Gasteiger partial charge is 0.395 e. The summed E-state index contributed by atoms with van der Waals surface area (Å²) in [5, 5.41) is 20.5. The van der Waals surface area contributed by atoms with Crippen molar-refractivity contribution < 1.29 is 15.0 Å². The van der Waals surface area contributed by atoms with E-state index in [1.807, 2.05) is 37.3 Å². The Morgan fingerprint density at radius 1 is 1.19 bits per heavy atom. The molecule has 3 aromatic rings. The van der Waals surface area contributed by atoms with E-state index in [0.29, 0.717) is 16.5 Å². The molecule has 0 spiro atoms. The van der Waals surface area contributed by atoms with Gasteiger partial charge in [0.15, 0.2) is 0 Å². The topological polar surface area (TPSA) is 113 Å². The molecule has 0 saturated heterocycles. The summed E-state index contributed by atoms with van der Waals surface area (Å²) in [7, 11) is 0. The number of aryl methyl sites for hydroxylation is 1. The van der Waals surface area contributed by atoms with E-state index < -0.39 is 12.0 Å². The van der Waals surface area contributed by atoms with Crippen LogP contribution in [0.1, 0.15) is 27.7 Å². The normalized spacial score (nSPS) is 12.1. The molecule has 0 aliphatic carbocycles. The molecule has 2 aromatic carbocycles. The summed E-state index contributed by atoms with van der Waals surface area (Å²) in [5.74, 6) is -0.411. The number of fused-ring (bicyclic) bond motifs is 1. The fourth-order valence-corrected chi connectivity index (χ4v) is 2.96. The highest BCUT2D eigenvalue weighted by Gasteiger charge is 2.23. The Bertz CT molecular complexity index is 947. The van der Waals surface area contributed by atoms with Crippen molar-refractivity contribution in [1.29, 1.82) is 0 Å². The van der Waals surface area contributed by atoms with Crippen molar-refractivity contribution >= 4 is 22.8 Å². The molecule has 3 rings (SSSR count). The van der Waals surface area contributed by atoms with Crippen molar-refractivity contribution in [2.45, 2.75) is 13.0 Å². The molecule has 7 nitrogen and oxygen atoms in total. The Morgan fingerprint density at radius 2 is 1.93 bits per heavy atom. The predicted molar refractivity (Wildman–Crippen MR) is 103 cm³/mol. The number of nitrogens with two attached hydrogens (primary N) is 1. The number of aliphatic hydroxyl groups is 2. The van der Waals surface area contributed by atoms with Crippen LogP contribution in [0.15, 0.2) is 48.5 Å². The van der Waals surface area contributed by atoms with Gasteiger partial charge >= 0.3 is 0 Å². The fraction of sp³-hybridized carbons (Fsp3) is 0.250.